The Morgan fingerprint density at radius 3 is 1.20 bits per heavy atom. The fourth-order valence-electron chi connectivity index (χ4n) is 7.63. The lowest BCUT2D eigenvalue weighted by atomic mass is 10.1. The highest BCUT2D eigenvalue weighted by Gasteiger charge is 2.22. The maximum atomic E-state index is 9.86. The molecule has 0 N–H and O–H groups in total. The van der Waals surface area contributed by atoms with E-state index < -0.39 is 0 Å². The summed E-state index contributed by atoms with van der Waals surface area (Å²) < 4.78 is 6.99. The highest BCUT2D eigenvalue weighted by Crippen LogP contribution is 2.42. The Hall–Kier alpha value is -6.81. The molecule has 0 aliphatic heterocycles. The van der Waals surface area contributed by atoms with Crippen LogP contribution in [0.25, 0.3) is 82.0 Å². The van der Waals surface area contributed by atoms with E-state index in [9.17, 15) is 15.8 Å². The molecule has 6 nitrogen and oxygen atoms in total. The Morgan fingerprint density at radius 2 is 0.733 bits per heavy atom. The minimum atomic E-state index is 0.606. The molecule has 0 radical (unpaired) electrons. The summed E-state index contributed by atoms with van der Waals surface area (Å²) in [4.78, 5) is 0. The van der Waals surface area contributed by atoms with Gasteiger partial charge in [0.15, 0.2) is 0 Å². The second kappa shape index (κ2) is 8.17. The molecule has 0 aliphatic rings. The molecule has 0 saturated carbocycles. The van der Waals surface area contributed by atoms with Crippen LogP contribution in [0.3, 0.4) is 0 Å². The quantitative estimate of drug-likeness (QED) is 0.182. The van der Waals surface area contributed by atoms with Gasteiger partial charge in [0.1, 0.15) is 0 Å². The van der Waals surface area contributed by atoms with Gasteiger partial charge < -0.3 is 13.2 Å². The predicted octanol–water partition coefficient (Wildman–Crippen LogP) is 8.98. The summed E-state index contributed by atoms with van der Waals surface area (Å²) in [5.41, 5.74) is 11.0. The van der Waals surface area contributed by atoms with Crippen molar-refractivity contribution in [1.82, 2.24) is 13.2 Å². The van der Waals surface area contributed by atoms with Crippen LogP contribution in [-0.4, -0.2) is 13.2 Å². The van der Waals surface area contributed by atoms with Crippen molar-refractivity contribution in [2.75, 3.05) is 0 Å². The third kappa shape index (κ3) is 2.80. The summed E-state index contributed by atoms with van der Waals surface area (Å²) in [5.74, 6) is 0. The number of aromatic nitrogens is 3. The normalized spacial score (nSPS) is 11.9. The van der Waals surface area contributed by atoms with Gasteiger partial charge in [0.05, 0.1) is 84.5 Å². The Balaban J connectivity index is 1.69. The molecule has 0 saturated heterocycles. The van der Waals surface area contributed by atoms with E-state index in [0.717, 1.165) is 82.0 Å². The third-order valence-corrected chi connectivity index (χ3v) is 9.41. The summed E-state index contributed by atoms with van der Waals surface area (Å²) in [7, 11) is 0. The molecule has 10 rings (SSSR count). The molecule has 6 heteroatoms. The molecule has 0 unspecified atom stereocenters. The second-order valence-electron chi connectivity index (χ2n) is 11.6. The number of hydrogen-bond donors (Lipinski definition) is 0. The van der Waals surface area contributed by atoms with Gasteiger partial charge in [-0.3, -0.25) is 0 Å². The summed E-state index contributed by atoms with van der Waals surface area (Å²) in [6, 6.07) is 43.8. The number of nitriles is 3. The minimum Gasteiger partial charge on any atom is -0.305 e. The third-order valence-electron chi connectivity index (χ3n) is 9.41. The number of fused-ring (bicyclic) bond motifs is 13. The molecule has 0 bridgehead atoms. The first-order valence-corrected chi connectivity index (χ1v) is 14.6. The number of nitrogens with zero attached hydrogens (tertiary/aromatic N) is 6. The summed E-state index contributed by atoms with van der Waals surface area (Å²) >= 11 is 0. The van der Waals surface area contributed by atoms with Crippen molar-refractivity contribution in [3.05, 3.63) is 126 Å². The van der Waals surface area contributed by atoms with Gasteiger partial charge in [0.2, 0.25) is 0 Å². The van der Waals surface area contributed by atoms with Crippen LogP contribution in [0.2, 0.25) is 0 Å². The van der Waals surface area contributed by atoms with Crippen molar-refractivity contribution >= 4 is 82.0 Å². The number of para-hydroxylation sites is 3. The summed E-state index contributed by atoms with van der Waals surface area (Å²) in [6.45, 7) is 0. The van der Waals surface area contributed by atoms with Crippen LogP contribution >= 0.6 is 0 Å². The van der Waals surface area contributed by atoms with Crippen molar-refractivity contribution in [2.45, 2.75) is 0 Å². The zero-order valence-corrected chi connectivity index (χ0v) is 23.6. The highest BCUT2D eigenvalue weighted by atomic mass is 15.0. The van der Waals surface area contributed by atoms with E-state index in [-0.39, 0.29) is 0 Å². The maximum Gasteiger partial charge on any atom is 0.0991 e. The van der Waals surface area contributed by atoms with Crippen molar-refractivity contribution in [2.24, 2.45) is 0 Å². The van der Waals surface area contributed by atoms with Crippen LogP contribution in [-0.2, 0) is 0 Å². The molecule has 4 aromatic heterocycles. The van der Waals surface area contributed by atoms with Crippen LogP contribution in [0.5, 0.6) is 0 Å². The van der Waals surface area contributed by atoms with Crippen LogP contribution in [0.15, 0.2) is 109 Å². The molecule has 6 aromatic carbocycles. The van der Waals surface area contributed by atoms with Crippen molar-refractivity contribution in [3.8, 4) is 18.2 Å². The topological polar surface area (TPSA) is 84.6 Å². The van der Waals surface area contributed by atoms with Gasteiger partial charge in [0, 0.05) is 32.3 Å². The standard InChI is InChI=1S/C39H18N6/c40-19-22-8-13-31-28(16-22)25-4-3-7-36-37(25)43(31)34-5-1-2-6-35(34)44-32-14-9-23(20-41)17-29(32)26-11-12-27-30-18-24(21-42)10-15-33(30)45(36)39(27)38(26)44/h1-18H. The van der Waals surface area contributed by atoms with E-state index in [2.05, 4.69) is 86.0 Å². The first-order valence-electron chi connectivity index (χ1n) is 14.6. The van der Waals surface area contributed by atoms with Crippen LogP contribution in [0.4, 0.5) is 0 Å². The zero-order valence-electron chi connectivity index (χ0n) is 23.6. The Bertz CT molecular complexity index is 3130. The lowest BCUT2D eigenvalue weighted by Gasteiger charge is -2.05. The molecule has 4 heterocycles. The summed E-state index contributed by atoms with van der Waals surface area (Å²) in [6.07, 6.45) is 0. The van der Waals surface area contributed by atoms with E-state index >= 15 is 0 Å². The van der Waals surface area contributed by atoms with Gasteiger partial charge in [-0.15, -0.1) is 0 Å². The van der Waals surface area contributed by atoms with E-state index in [1.54, 1.807) is 0 Å². The lowest BCUT2D eigenvalue weighted by molar-refractivity contribution is 1.30. The number of benzene rings is 6. The molecule has 0 fully saturated rings. The molecule has 10 aromatic rings. The summed E-state index contributed by atoms with van der Waals surface area (Å²) in [5, 5.41) is 35.7. The Kier molecular flexibility index (Phi) is 4.31. The second-order valence-corrected chi connectivity index (χ2v) is 11.6. The molecule has 0 spiro atoms. The first-order chi connectivity index (χ1) is 22.2. The van der Waals surface area contributed by atoms with Gasteiger partial charge in [-0.05, 0) is 72.8 Å². The van der Waals surface area contributed by atoms with E-state index in [0.29, 0.717) is 16.7 Å². The van der Waals surface area contributed by atoms with Crippen LogP contribution < -0.4 is 0 Å². The highest BCUT2D eigenvalue weighted by molar-refractivity contribution is 6.25. The van der Waals surface area contributed by atoms with Crippen LogP contribution in [0, 0.1) is 34.0 Å². The fourth-order valence-corrected chi connectivity index (χ4v) is 7.63. The Morgan fingerprint density at radius 1 is 0.333 bits per heavy atom. The van der Waals surface area contributed by atoms with E-state index in [1.165, 1.54) is 0 Å². The molecule has 0 atom stereocenters. The van der Waals surface area contributed by atoms with Crippen LogP contribution in [0.1, 0.15) is 16.7 Å². The smallest absolute Gasteiger partial charge is 0.0991 e. The molecule has 45 heavy (non-hydrogen) atoms. The van der Waals surface area contributed by atoms with E-state index in [1.807, 2.05) is 54.6 Å². The monoisotopic (exact) mass is 570 g/mol. The lowest BCUT2D eigenvalue weighted by Crippen LogP contribution is -1.91. The molecular formula is C39H18N6. The zero-order chi connectivity index (χ0) is 30.0. The van der Waals surface area contributed by atoms with E-state index in [4.69, 9.17) is 0 Å². The SMILES string of the molecule is N#Cc1ccc2c(c1)c1cccc3c1n2c1ccccc1n1c2ccc(C#N)cc2c2ccc4c5cc(C#N)ccc5n3c4c21. The van der Waals surface area contributed by atoms with Gasteiger partial charge in [-0.25, -0.2) is 0 Å². The first kappa shape index (κ1) is 23.7. The molecule has 204 valence electrons. The van der Waals surface area contributed by atoms with Gasteiger partial charge in [0.25, 0.3) is 0 Å². The molecular weight excluding hydrogens is 552 g/mol. The van der Waals surface area contributed by atoms with Crippen molar-refractivity contribution in [1.29, 1.82) is 15.8 Å². The van der Waals surface area contributed by atoms with Gasteiger partial charge in [-0.1, -0.05) is 36.4 Å². The average Bonchev–Trinajstić information content (AvgIpc) is 3.73. The van der Waals surface area contributed by atoms with Crippen molar-refractivity contribution < 1.29 is 0 Å². The average molecular weight is 571 g/mol. The largest absolute Gasteiger partial charge is 0.305 e. The van der Waals surface area contributed by atoms with Gasteiger partial charge >= 0.3 is 0 Å². The number of rotatable bonds is 0. The molecule has 0 amide bonds. The molecule has 0 aliphatic carbocycles. The fraction of sp³-hybridized carbons (Fsp3) is 0. The maximum absolute atomic E-state index is 9.86. The Labute approximate surface area is 254 Å². The van der Waals surface area contributed by atoms with Crippen molar-refractivity contribution in [3.63, 3.8) is 0 Å². The predicted molar refractivity (Wildman–Crippen MR) is 178 cm³/mol. The minimum absolute atomic E-state index is 0.606. The van der Waals surface area contributed by atoms with Gasteiger partial charge in [-0.2, -0.15) is 15.8 Å². The number of hydrogen-bond acceptors (Lipinski definition) is 3.